The van der Waals surface area contributed by atoms with Crippen LogP contribution in [0.5, 0.6) is 0 Å². The fourth-order valence-corrected chi connectivity index (χ4v) is 10.4. The maximum atomic E-state index is 3.94. The number of rotatable bonds is 4. The number of benzene rings is 5. The third-order valence-electron chi connectivity index (χ3n) is 12.9. The van der Waals surface area contributed by atoms with Crippen molar-refractivity contribution in [3.63, 3.8) is 0 Å². The molecule has 10 rings (SSSR count). The molecule has 5 aromatic carbocycles. The van der Waals surface area contributed by atoms with Gasteiger partial charge in [0, 0.05) is 22.4 Å². The van der Waals surface area contributed by atoms with Gasteiger partial charge in [-0.2, -0.15) is 0 Å². The zero-order valence-corrected chi connectivity index (χ0v) is 29.8. The van der Waals surface area contributed by atoms with Crippen molar-refractivity contribution in [2.75, 3.05) is 0 Å². The van der Waals surface area contributed by atoms with Crippen molar-refractivity contribution < 1.29 is 0 Å². The molecule has 5 aromatic rings. The maximum absolute atomic E-state index is 3.94. The van der Waals surface area contributed by atoms with Gasteiger partial charge in [0.05, 0.1) is 6.04 Å². The number of hydrogen-bond acceptors (Lipinski definition) is 2. The molecule has 0 aromatic heterocycles. The zero-order chi connectivity index (χ0) is 34.2. The molecule has 2 N–H and O–H groups in total. The Morgan fingerprint density at radius 3 is 2.22 bits per heavy atom. The van der Waals surface area contributed by atoms with E-state index in [4.69, 9.17) is 0 Å². The highest BCUT2D eigenvalue weighted by molar-refractivity contribution is 5.94. The Bertz CT molecular complexity index is 2250. The first kappa shape index (κ1) is 30.9. The lowest BCUT2D eigenvalue weighted by Gasteiger charge is -2.36. The van der Waals surface area contributed by atoms with Gasteiger partial charge < -0.3 is 5.32 Å². The Morgan fingerprint density at radius 2 is 1.39 bits per heavy atom. The summed E-state index contributed by atoms with van der Waals surface area (Å²) in [4.78, 5) is 0. The molecule has 0 amide bonds. The van der Waals surface area contributed by atoms with Crippen LogP contribution in [0.1, 0.15) is 109 Å². The molecule has 2 nitrogen and oxygen atoms in total. The molecule has 1 spiro atoms. The van der Waals surface area contributed by atoms with E-state index in [9.17, 15) is 0 Å². The molecule has 2 heteroatoms. The molecule has 1 aliphatic heterocycles. The van der Waals surface area contributed by atoms with Gasteiger partial charge in [0.1, 0.15) is 6.17 Å². The molecular weight excluding hydrogens is 617 g/mol. The number of allylic oxidation sites excluding steroid dienone is 4. The van der Waals surface area contributed by atoms with E-state index >= 15 is 0 Å². The predicted octanol–water partition coefficient (Wildman–Crippen LogP) is 11.8. The van der Waals surface area contributed by atoms with Gasteiger partial charge in [-0.3, -0.25) is 5.32 Å². The van der Waals surface area contributed by atoms with Crippen LogP contribution in [0.25, 0.3) is 28.0 Å². The molecule has 0 radical (unpaired) electrons. The first-order valence-corrected chi connectivity index (χ1v) is 19.2. The molecule has 3 atom stereocenters. The largest absolute Gasteiger partial charge is 0.366 e. The van der Waals surface area contributed by atoms with Gasteiger partial charge in [0.25, 0.3) is 0 Å². The van der Waals surface area contributed by atoms with Gasteiger partial charge in [0.15, 0.2) is 0 Å². The maximum Gasteiger partial charge on any atom is 0.104 e. The summed E-state index contributed by atoms with van der Waals surface area (Å²) in [7, 11) is 0. The van der Waals surface area contributed by atoms with Gasteiger partial charge in [0.2, 0.25) is 0 Å². The lowest BCUT2D eigenvalue weighted by atomic mass is 9.67. The second-order valence-electron chi connectivity index (χ2n) is 16.0. The summed E-state index contributed by atoms with van der Waals surface area (Å²) < 4.78 is 0. The fourth-order valence-electron chi connectivity index (χ4n) is 10.4. The van der Waals surface area contributed by atoms with E-state index in [1.807, 2.05) is 0 Å². The summed E-state index contributed by atoms with van der Waals surface area (Å²) in [6.45, 7) is 4.91. The van der Waals surface area contributed by atoms with Crippen molar-refractivity contribution >= 4 is 5.70 Å². The molecule has 51 heavy (non-hydrogen) atoms. The van der Waals surface area contributed by atoms with Crippen molar-refractivity contribution in [3.8, 4) is 22.3 Å². The third-order valence-corrected chi connectivity index (χ3v) is 12.9. The van der Waals surface area contributed by atoms with E-state index in [0.717, 1.165) is 12.1 Å². The molecule has 4 aliphatic carbocycles. The van der Waals surface area contributed by atoms with Crippen molar-refractivity contribution in [3.05, 3.63) is 184 Å². The second-order valence-corrected chi connectivity index (χ2v) is 16.0. The van der Waals surface area contributed by atoms with Gasteiger partial charge in [-0.05, 0) is 98.7 Å². The van der Waals surface area contributed by atoms with E-state index in [-0.39, 0.29) is 23.0 Å². The minimum absolute atomic E-state index is 0.00136. The summed E-state index contributed by atoms with van der Waals surface area (Å²) in [6, 6.07) is 43.4. The number of fused-ring (bicyclic) bond motifs is 8. The topological polar surface area (TPSA) is 24.1 Å². The Labute approximate surface area is 303 Å². The highest BCUT2D eigenvalue weighted by Gasteiger charge is 2.48. The molecule has 1 fully saturated rings. The second kappa shape index (κ2) is 11.8. The molecule has 0 bridgehead atoms. The summed E-state index contributed by atoms with van der Waals surface area (Å²) >= 11 is 0. The normalized spacial score (nSPS) is 23.4. The summed E-state index contributed by atoms with van der Waals surface area (Å²) in [6.07, 6.45) is 17.0. The van der Waals surface area contributed by atoms with Gasteiger partial charge in [-0.15, -0.1) is 0 Å². The Morgan fingerprint density at radius 1 is 0.647 bits per heavy atom. The van der Waals surface area contributed by atoms with E-state index < -0.39 is 0 Å². The third kappa shape index (κ3) is 4.80. The van der Waals surface area contributed by atoms with E-state index in [1.54, 1.807) is 22.3 Å². The van der Waals surface area contributed by atoms with Crippen molar-refractivity contribution in [1.82, 2.24) is 10.6 Å². The van der Waals surface area contributed by atoms with Gasteiger partial charge >= 0.3 is 0 Å². The van der Waals surface area contributed by atoms with Crippen LogP contribution in [-0.4, -0.2) is 0 Å². The number of nitrogens with one attached hydrogen (secondary N) is 2. The first-order valence-electron chi connectivity index (χ1n) is 19.2. The molecule has 0 saturated heterocycles. The van der Waals surface area contributed by atoms with Gasteiger partial charge in [-0.1, -0.05) is 160 Å². The van der Waals surface area contributed by atoms with E-state index in [2.05, 4.69) is 164 Å². The van der Waals surface area contributed by atoms with E-state index in [1.165, 1.54) is 76.6 Å². The van der Waals surface area contributed by atoms with Crippen LogP contribution in [0.15, 0.2) is 145 Å². The first-order chi connectivity index (χ1) is 25.0. The molecule has 1 saturated carbocycles. The van der Waals surface area contributed by atoms with Crippen LogP contribution in [0, 0.1) is 0 Å². The lowest BCUT2D eigenvalue weighted by Crippen LogP contribution is -2.39. The summed E-state index contributed by atoms with van der Waals surface area (Å²) in [5.74, 6) is 0.511. The van der Waals surface area contributed by atoms with Crippen LogP contribution in [-0.2, 0) is 10.8 Å². The molecule has 1 heterocycles. The van der Waals surface area contributed by atoms with Crippen LogP contribution >= 0.6 is 0 Å². The van der Waals surface area contributed by atoms with Crippen molar-refractivity contribution in [1.29, 1.82) is 0 Å². The fraction of sp³-hybridized carbons (Fsp3) is 0.265. The minimum Gasteiger partial charge on any atom is -0.366 e. The Balaban J connectivity index is 1.11. The monoisotopic (exact) mass is 662 g/mol. The van der Waals surface area contributed by atoms with Crippen molar-refractivity contribution in [2.24, 2.45) is 0 Å². The lowest BCUT2D eigenvalue weighted by molar-refractivity contribution is 0.352. The van der Waals surface area contributed by atoms with Crippen LogP contribution in [0.4, 0.5) is 0 Å². The van der Waals surface area contributed by atoms with Crippen molar-refractivity contribution in [2.45, 2.75) is 81.3 Å². The molecule has 5 aliphatic rings. The molecular formula is C49H46N2. The highest BCUT2D eigenvalue weighted by Crippen LogP contribution is 2.62. The highest BCUT2D eigenvalue weighted by atomic mass is 15.2. The average Bonchev–Trinajstić information content (AvgIpc) is 3.59. The van der Waals surface area contributed by atoms with Crippen LogP contribution in [0.2, 0.25) is 0 Å². The predicted molar refractivity (Wildman–Crippen MR) is 211 cm³/mol. The minimum atomic E-state index is -0.00136. The molecule has 252 valence electrons. The summed E-state index contributed by atoms with van der Waals surface area (Å²) in [5, 5.41) is 7.74. The Hall–Kier alpha value is -4.92. The quantitative estimate of drug-likeness (QED) is 0.200. The smallest absolute Gasteiger partial charge is 0.104 e. The summed E-state index contributed by atoms with van der Waals surface area (Å²) in [5.41, 5.74) is 18.6. The van der Waals surface area contributed by atoms with Gasteiger partial charge in [-0.25, -0.2) is 0 Å². The SMILES string of the molecule is CC1(C)C2=CC=CCC2c2cc3c(cc21)-c1c(-c2cccc(C4C=C(c5ccccc5)NC(c5ccccc5)N4)c2)cccc1C31CCCCC1. The molecule has 3 unspecified atom stereocenters. The standard InChI is InChI=1S/C49H46N2/c1-48(2)40-24-11-10-22-37(40)38-29-43-39(30-42(38)48)46-36(23-15-25-41(46)49(43)26-12-5-13-27-49)34-20-14-21-35(28-34)45-31-44(32-16-6-3-7-17-32)50-47(51-45)33-18-8-4-9-19-33/h3-4,6-11,14-21,23-25,28-31,37,45,47,50-51H,5,12-13,22,26-27H2,1-2H3. The zero-order valence-electron chi connectivity index (χ0n) is 29.8. The van der Waals surface area contributed by atoms with Crippen LogP contribution in [0.3, 0.4) is 0 Å². The van der Waals surface area contributed by atoms with E-state index in [0.29, 0.717) is 5.92 Å². The number of hydrogen-bond donors (Lipinski definition) is 2. The Kier molecular flexibility index (Phi) is 7.15. The van der Waals surface area contributed by atoms with Crippen LogP contribution < -0.4 is 10.6 Å². The average molecular weight is 663 g/mol.